The van der Waals surface area contributed by atoms with Gasteiger partial charge in [-0.15, -0.1) is 24.0 Å². The highest BCUT2D eigenvalue weighted by Gasteiger charge is 2.04. The van der Waals surface area contributed by atoms with Gasteiger partial charge in [0.05, 0.1) is 6.10 Å². The van der Waals surface area contributed by atoms with Crippen LogP contribution in [0.2, 0.25) is 0 Å². The molecule has 0 spiro atoms. The number of ether oxygens (including phenoxy) is 1. The summed E-state index contributed by atoms with van der Waals surface area (Å²) in [4.78, 5) is 16.2. The van der Waals surface area contributed by atoms with Crippen molar-refractivity contribution in [3.05, 3.63) is 35.4 Å². The number of carbonyl (C=O) groups is 1. The van der Waals surface area contributed by atoms with E-state index in [-0.39, 0.29) is 36.0 Å². The van der Waals surface area contributed by atoms with Gasteiger partial charge in [-0.3, -0.25) is 9.79 Å². The first-order chi connectivity index (χ1) is 12.1. The molecule has 7 heteroatoms. The maximum absolute atomic E-state index is 11.7. The fourth-order valence-corrected chi connectivity index (χ4v) is 2.25. The van der Waals surface area contributed by atoms with Crippen molar-refractivity contribution in [1.82, 2.24) is 16.0 Å². The third-order valence-electron chi connectivity index (χ3n) is 3.49. The second-order valence-electron chi connectivity index (χ2n) is 5.99. The maximum Gasteiger partial charge on any atom is 0.251 e. The highest BCUT2D eigenvalue weighted by atomic mass is 127. The lowest BCUT2D eigenvalue weighted by Gasteiger charge is -2.12. The molecular formula is C19H33IN4O2. The van der Waals surface area contributed by atoms with E-state index in [4.69, 9.17) is 4.74 Å². The number of benzene rings is 1. The fourth-order valence-electron chi connectivity index (χ4n) is 2.25. The number of hydrogen-bond acceptors (Lipinski definition) is 3. The van der Waals surface area contributed by atoms with Crippen LogP contribution >= 0.6 is 24.0 Å². The molecule has 0 unspecified atom stereocenters. The SMILES string of the molecule is CCNC(=NCCCOC(C)C)NCCc1cccc(C(=O)NC)c1.I. The molecule has 148 valence electrons. The van der Waals surface area contributed by atoms with E-state index in [1.807, 2.05) is 45.0 Å². The molecule has 0 saturated carbocycles. The van der Waals surface area contributed by atoms with Crippen molar-refractivity contribution in [3.8, 4) is 0 Å². The van der Waals surface area contributed by atoms with Crippen LogP contribution in [0.5, 0.6) is 0 Å². The minimum Gasteiger partial charge on any atom is -0.379 e. The van der Waals surface area contributed by atoms with E-state index in [0.29, 0.717) is 5.56 Å². The van der Waals surface area contributed by atoms with Gasteiger partial charge in [-0.2, -0.15) is 0 Å². The van der Waals surface area contributed by atoms with Crippen molar-refractivity contribution in [3.63, 3.8) is 0 Å². The zero-order valence-corrected chi connectivity index (χ0v) is 18.6. The minimum atomic E-state index is -0.0617. The van der Waals surface area contributed by atoms with Gasteiger partial charge in [-0.05, 0) is 51.3 Å². The summed E-state index contributed by atoms with van der Waals surface area (Å²) in [5.74, 6) is 0.753. The summed E-state index contributed by atoms with van der Waals surface area (Å²) in [6.07, 6.45) is 2.00. The molecule has 3 N–H and O–H groups in total. The van der Waals surface area contributed by atoms with Gasteiger partial charge in [0.2, 0.25) is 0 Å². The molecule has 0 radical (unpaired) electrons. The average Bonchev–Trinajstić information content (AvgIpc) is 2.60. The van der Waals surface area contributed by atoms with E-state index in [0.717, 1.165) is 50.6 Å². The predicted molar refractivity (Wildman–Crippen MR) is 119 cm³/mol. The van der Waals surface area contributed by atoms with Crippen LogP contribution in [0, 0.1) is 0 Å². The van der Waals surface area contributed by atoms with E-state index in [9.17, 15) is 4.79 Å². The Labute approximate surface area is 174 Å². The van der Waals surface area contributed by atoms with E-state index in [1.165, 1.54) is 0 Å². The molecule has 0 aromatic heterocycles. The molecule has 0 heterocycles. The van der Waals surface area contributed by atoms with Crippen LogP contribution in [-0.4, -0.2) is 51.3 Å². The van der Waals surface area contributed by atoms with Gasteiger partial charge < -0.3 is 20.7 Å². The van der Waals surface area contributed by atoms with Crippen LogP contribution in [0.25, 0.3) is 0 Å². The van der Waals surface area contributed by atoms with Crippen molar-refractivity contribution < 1.29 is 9.53 Å². The van der Waals surface area contributed by atoms with Crippen LogP contribution < -0.4 is 16.0 Å². The van der Waals surface area contributed by atoms with Crippen LogP contribution in [0.4, 0.5) is 0 Å². The van der Waals surface area contributed by atoms with Gasteiger partial charge in [-0.25, -0.2) is 0 Å². The Morgan fingerprint density at radius 3 is 2.69 bits per heavy atom. The summed E-state index contributed by atoms with van der Waals surface area (Å²) in [6.45, 7) is 9.15. The molecule has 0 saturated heterocycles. The molecule has 1 aromatic carbocycles. The fraction of sp³-hybridized carbons (Fsp3) is 0.579. The highest BCUT2D eigenvalue weighted by molar-refractivity contribution is 14.0. The number of guanidine groups is 1. The quantitative estimate of drug-likeness (QED) is 0.210. The van der Waals surface area contributed by atoms with Gasteiger partial charge in [0, 0.05) is 38.9 Å². The molecule has 26 heavy (non-hydrogen) atoms. The largest absolute Gasteiger partial charge is 0.379 e. The monoisotopic (exact) mass is 476 g/mol. The van der Waals surface area contributed by atoms with Crippen molar-refractivity contribution >= 4 is 35.8 Å². The van der Waals surface area contributed by atoms with Gasteiger partial charge in [0.15, 0.2) is 5.96 Å². The van der Waals surface area contributed by atoms with Gasteiger partial charge in [0.25, 0.3) is 5.91 Å². The lowest BCUT2D eigenvalue weighted by Crippen LogP contribution is -2.38. The van der Waals surface area contributed by atoms with Gasteiger partial charge in [-0.1, -0.05) is 12.1 Å². The third-order valence-corrected chi connectivity index (χ3v) is 3.49. The summed E-state index contributed by atoms with van der Waals surface area (Å²) in [6, 6.07) is 7.68. The normalized spacial score (nSPS) is 11.0. The number of amides is 1. The number of halogens is 1. The van der Waals surface area contributed by atoms with E-state index in [2.05, 4.69) is 20.9 Å². The molecular weight excluding hydrogens is 443 g/mol. The molecule has 6 nitrogen and oxygen atoms in total. The summed E-state index contributed by atoms with van der Waals surface area (Å²) in [5.41, 5.74) is 1.81. The smallest absolute Gasteiger partial charge is 0.251 e. The highest BCUT2D eigenvalue weighted by Crippen LogP contribution is 2.05. The Morgan fingerprint density at radius 1 is 1.27 bits per heavy atom. The first-order valence-corrected chi connectivity index (χ1v) is 9.01. The molecule has 0 aliphatic heterocycles. The number of aliphatic imine (C=N–C) groups is 1. The summed E-state index contributed by atoms with van der Waals surface area (Å²) >= 11 is 0. The molecule has 1 rings (SSSR count). The van der Waals surface area contributed by atoms with Crippen molar-refractivity contribution in [2.75, 3.05) is 33.3 Å². The van der Waals surface area contributed by atoms with Gasteiger partial charge >= 0.3 is 0 Å². The minimum absolute atomic E-state index is 0. The standard InChI is InChI=1S/C19H32N4O2.HI/c1-5-21-19(22-11-7-13-25-15(2)3)23-12-10-16-8-6-9-17(14-16)18(24)20-4;/h6,8-9,14-15H,5,7,10-13H2,1-4H3,(H,20,24)(H2,21,22,23);1H. The zero-order chi connectivity index (χ0) is 18.5. The number of carbonyl (C=O) groups excluding carboxylic acids is 1. The van der Waals surface area contributed by atoms with E-state index >= 15 is 0 Å². The van der Waals surface area contributed by atoms with Crippen LogP contribution in [0.1, 0.15) is 43.1 Å². The topological polar surface area (TPSA) is 74.8 Å². The lowest BCUT2D eigenvalue weighted by molar-refractivity contribution is 0.0782. The second kappa shape index (κ2) is 14.8. The summed E-state index contributed by atoms with van der Waals surface area (Å²) in [5, 5.41) is 9.22. The number of nitrogens with one attached hydrogen (secondary N) is 3. The Kier molecular flexibility index (Phi) is 14.0. The van der Waals surface area contributed by atoms with Crippen LogP contribution in [-0.2, 0) is 11.2 Å². The van der Waals surface area contributed by atoms with Crippen molar-refractivity contribution in [2.45, 2.75) is 39.7 Å². The van der Waals surface area contributed by atoms with Gasteiger partial charge in [0.1, 0.15) is 0 Å². The predicted octanol–water partition coefficient (Wildman–Crippen LogP) is 2.58. The van der Waals surface area contributed by atoms with Crippen molar-refractivity contribution in [2.24, 2.45) is 4.99 Å². The molecule has 1 aromatic rings. The Hall–Kier alpha value is -1.35. The first-order valence-electron chi connectivity index (χ1n) is 9.01. The maximum atomic E-state index is 11.7. The Morgan fingerprint density at radius 2 is 2.04 bits per heavy atom. The molecule has 0 atom stereocenters. The number of nitrogens with zero attached hydrogens (tertiary/aromatic N) is 1. The zero-order valence-electron chi connectivity index (χ0n) is 16.3. The molecule has 1 amide bonds. The van der Waals surface area contributed by atoms with E-state index in [1.54, 1.807) is 7.05 Å². The lowest BCUT2D eigenvalue weighted by atomic mass is 10.1. The Bertz CT molecular complexity index is 550. The van der Waals surface area contributed by atoms with Crippen LogP contribution in [0.15, 0.2) is 29.3 Å². The number of hydrogen-bond donors (Lipinski definition) is 3. The number of rotatable bonds is 10. The van der Waals surface area contributed by atoms with Crippen molar-refractivity contribution in [1.29, 1.82) is 0 Å². The molecule has 0 aliphatic rings. The van der Waals surface area contributed by atoms with Crippen LogP contribution in [0.3, 0.4) is 0 Å². The third kappa shape index (κ3) is 10.6. The molecule has 0 bridgehead atoms. The Balaban J connectivity index is 0.00000625. The second-order valence-corrected chi connectivity index (χ2v) is 5.99. The summed E-state index contributed by atoms with van der Waals surface area (Å²) in [7, 11) is 1.64. The van der Waals surface area contributed by atoms with E-state index < -0.39 is 0 Å². The molecule has 0 aliphatic carbocycles. The molecule has 0 fully saturated rings. The first kappa shape index (κ1) is 24.7. The summed E-state index contributed by atoms with van der Waals surface area (Å²) < 4.78 is 5.52. The average molecular weight is 476 g/mol.